The van der Waals surface area contributed by atoms with Crippen molar-refractivity contribution < 1.29 is 4.79 Å². The summed E-state index contributed by atoms with van der Waals surface area (Å²) in [5, 5.41) is 17.0. The Kier molecular flexibility index (Phi) is 4.28. The van der Waals surface area contributed by atoms with Crippen LogP contribution in [0, 0.1) is 5.92 Å². The van der Waals surface area contributed by atoms with Crippen LogP contribution < -0.4 is 5.32 Å². The van der Waals surface area contributed by atoms with Crippen LogP contribution >= 0.6 is 0 Å². The molecular weight excluding hydrogens is 314 g/mol. The summed E-state index contributed by atoms with van der Waals surface area (Å²) < 4.78 is 1.78. The quantitative estimate of drug-likeness (QED) is 0.791. The van der Waals surface area contributed by atoms with E-state index in [9.17, 15) is 4.79 Å². The van der Waals surface area contributed by atoms with Gasteiger partial charge in [-0.05, 0) is 43.1 Å². The normalized spacial score (nSPS) is 17.7. The van der Waals surface area contributed by atoms with Crippen molar-refractivity contribution in [2.75, 3.05) is 13.1 Å². The average molecular weight is 335 g/mol. The number of ketones is 1. The molecule has 0 spiro atoms. The first-order chi connectivity index (χ1) is 12.2. The van der Waals surface area contributed by atoms with Crippen LogP contribution in [-0.4, -0.2) is 38.9 Å². The van der Waals surface area contributed by atoms with Gasteiger partial charge in [0.2, 0.25) is 0 Å². The smallest absolute Gasteiger partial charge is 0.143 e. The fourth-order valence-corrected chi connectivity index (χ4v) is 3.37. The summed E-state index contributed by atoms with van der Waals surface area (Å²) in [7, 11) is 1.90. The number of carbonyl (C=O) groups excluding carboxylic acids is 1. The zero-order valence-corrected chi connectivity index (χ0v) is 14.3. The molecule has 4 rings (SSSR count). The van der Waals surface area contributed by atoms with E-state index in [1.807, 2.05) is 37.6 Å². The number of benzene rings is 1. The maximum atomic E-state index is 12.5. The van der Waals surface area contributed by atoms with Crippen molar-refractivity contribution in [2.24, 2.45) is 13.0 Å². The number of carbonyl (C=O) groups is 1. The van der Waals surface area contributed by atoms with E-state index in [-0.39, 0.29) is 11.7 Å². The van der Waals surface area contributed by atoms with E-state index in [0.717, 1.165) is 53.7 Å². The van der Waals surface area contributed by atoms with Crippen molar-refractivity contribution in [1.82, 2.24) is 25.3 Å². The van der Waals surface area contributed by atoms with Gasteiger partial charge in [0.1, 0.15) is 5.78 Å². The highest BCUT2D eigenvalue weighted by atomic mass is 16.1. The number of Topliss-reactive ketones (excluding diaryl/α,β-unsaturated/α-hetero) is 1. The number of rotatable bonds is 4. The molecule has 0 saturated carbocycles. The van der Waals surface area contributed by atoms with Crippen LogP contribution in [0.25, 0.3) is 22.0 Å². The highest BCUT2D eigenvalue weighted by Crippen LogP contribution is 2.23. The standard InChI is InChI=1S/C19H21N5O/c1-24-12-16(11-21-24)13-4-5-18-15(7-13)8-17(22-23-18)9-19(25)14-3-2-6-20-10-14/h4-5,7-8,11-12,14,20H,2-3,6,9-10H2,1H3/t14-/m1/s1. The first-order valence-corrected chi connectivity index (χ1v) is 8.68. The zero-order valence-electron chi connectivity index (χ0n) is 14.3. The molecule has 6 nitrogen and oxygen atoms in total. The van der Waals surface area contributed by atoms with E-state index in [4.69, 9.17) is 0 Å². The molecule has 0 radical (unpaired) electrons. The van der Waals surface area contributed by atoms with E-state index in [0.29, 0.717) is 6.42 Å². The lowest BCUT2D eigenvalue weighted by molar-refractivity contribution is -0.122. The molecule has 0 aliphatic carbocycles. The van der Waals surface area contributed by atoms with Crippen molar-refractivity contribution in [3.63, 3.8) is 0 Å². The van der Waals surface area contributed by atoms with Crippen LogP contribution in [0.4, 0.5) is 0 Å². The van der Waals surface area contributed by atoms with Crippen molar-refractivity contribution in [3.8, 4) is 11.1 Å². The van der Waals surface area contributed by atoms with Crippen LogP contribution in [0.5, 0.6) is 0 Å². The highest BCUT2D eigenvalue weighted by molar-refractivity contribution is 5.86. The Hall–Kier alpha value is -2.60. The molecule has 1 aliphatic heterocycles. The third-order valence-corrected chi connectivity index (χ3v) is 4.78. The molecule has 25 heavy (non-hydrogen) atoms. The van der Waals surface area contributed by atoms with Crippen molar-refractivity contribution >= 4 is 16.7 Å². The van der Waals surface area contributed by atoms with Crippen LogP contribution in [0.1, 0.15) is 18.5 Å². The van der Waals surface area contributed by atoms with Gasteiger partial charge >= 0.3 is 0 Å². The van der Waals surface area contributed by atoms with Crippen LogP contribution in [0.3, 0.4) is 0 Å². The van der Waals surface area contributed by atoms with Gasteiger partial charge in [-0.15, -0.1) is 0 Å². The van der Waals surface area contributed by atoms with Gasteiger partial charge in [-0.2, -0.15) is 15.3 Å². The summed E-state index contributed by atoms with van der Waals surface area (Å²) in [5.74, 6) is 0.359. The minimum atomic E-state index is 0.105. The second-order valence-electron chi connectivity index (χ2n) is 6.70. The Morgan fingerprint density at radius 3 is 2.96 bits per heavy atom. The largest absolute Gasteiger partial charge is 0.316 e. The molecule has 1 atom stereocenters. The first kappa shape index (κ1) is 15.9. The van der Waals surface area contributed by atoms with Gasteiger partial charge in [0, 0.05) is 36.7 Å². The van der Waals surface area contributed by atoms with Crippen molar-refractivity contribution in [3.05, 3.63) is 42.4 Å². The van der Waals surface area contributed by atoms with E-state index in [2.05, 4.69) is 26.7 Å². The van der Waals surface area contributed by atoms with Gasteiger partial charge in [-0.25, -0.2) is 0 Å². The van der Waals surface area contributed by atoms with E-state index < -0.39 is 0 Å². The third kappa shape index (κ3) is 3.44. The zero-order chi connectivity index (χ0) is 17.2. The lowest BCUT2D eigenvalue weighted by atomic mass is 9.92. The summed E-state index contributed by atoms with van der Waals surface area (Å²) in [6.07, 6.45) is 6.21. The SMILES string of the molecule is Cn1cc(-c2ccc3nnc(CC(=O)[C@@H]4CCCNC4)cc3c2)cn1. The number of fused-ring (bicyclic) bond motifs is 1. The van der Waals surface area contributed by atoms with Crippen molar-refractivity contribution in [2.45, 2.75) is 19.3 Å². The van der Waals surface area contributed by atoms with Gasteiger partial charge < -0.3 is 5.32 Å². The molecule has 0 bridgehead atoms. The van der Waals surface area contributed by atoms with Crippen LogP contribution in [0.2, 0.25) is 0 Å². The van der Waals surface area contributed by atoms with Crippen LogP contribution in [-0.2, 0) is 18.3 Å². The van der Waals surface area contributed by atoms with Gasteiger partial charge in [0.15, 0.2) is 0 Å². The molecule has 1 N–H and O–H groups in total. The van der Waals surface area contributed by atoms with E-state index in [1.165, 1.54) is 0 Å². The molecule has 3 heterocycles. The summed E-state index contributed by atoms with van der Waals surface area (Å²) in [6.45, 7) is 1.79. The number of hydrogen-bond acceptors (Lipinski definition) is 5. The number of hydrogen-bond donors (Lipinski definition) is 1. The predicted octanol–water partition coefficient (Wildman–Crippen LogP) is 2.14. The molecule has 128 valence electrons. The summed E-state index contributed by atoms with van der Waals surface area (Å²) >= 11 is 0. The second-order valence-corrected chi connectivity index (χ2v) is 6.70. The summed E-state index contributed by atoms with van der Waals surface area (Å²) in [6, 6.07) is 8.04. The molecule has 2 aromatic heterocycles. The Bertz CT molecular complexity index is 911. The highest BCUT2D eigenvalue weighted by Gasteiger charge is 2.21. The summed E-state index contributed by atoms with van der Waals surface area (Å²) in [4.78, 5) is 12.5. The molecular formula is C19H21N5O. The Morgan fingerprint density at radius 2 is 2.20 bits per heavy atom. The van der Waals surface area contributed by atoms with Gasteiger partial charge in [-0.3, -0.25) is 9.48 Å². The Labute approximate surface area is 146 Å². The van der Waals surface area contributed by atoms with E-state index >= 15 is 0 Å². The molecule has 6 heteroatoms. The number of nitrogens with one attached hydrogen (secondary N) is 1. The molecule has 0 unspecified atom stereocenters. The topological polar surface area (TPSA) is 72.7 Å². The molecule has 1 fully saturated rings. The van der Waals surface area contributed by atoms with E-state index in [1.54, 1.807) is 4.68 Å². The lowest BCUT2D eigenvalue weighted by Crippen LogP contribution is -2.35. The minimum Gasteiger partial charge on any atom is -0.316 e. The number of piperidine rings is 1. The second kappa shape index (κ2) is 6.72. The maximum absolute atomic E-state index is 12.5. The number of nitrogens with zero attached hydrogens (tertiary/aromatic N) is 4. The Balaban J connectivity index is 1.59. The fourth-order valence-electron chi connectivity index (χ4n) is 3.37. The lowest BCUT2D eigenvalue weighted by Gasteiger charge is -2.21. The molecule has 1 aromatic carbocycles. The van der Waals surface area contributed by atoms with Gasteiger partial charge in [-0.1, -0.05) is 6.07 Å². The maximum Gasteiger partial charge on any atom is 0.143 e. The molecule has 1 aliphatic rings. The van der Waals surface area contributed by atoms with Gasteiger partial charge in [0.25, 0.3) is 0 Å². The predicted molar refractivity (Wildman–Crippen MR) is 96.0 cm³/mol. The average Bonchev–Trinajstić information content (AvgIpc) is 3.08. The molecule has 0 amide bonds. The monoisotopic (exact) mass is 335 g/mol. The van der Waals surface area contributed by atoms with Gasteiger partial charge in [0.05, 0.1) is 23.8 Å². The van der Waals surface area contributed by atoms with Crippen molar-refractivity contribution in [1.29, 1.82) is 0 Å². The Morgan fingerprint density at radius 1 is 1.28 bits per heavy atom. The number of aromatic nitrogens is 4. The van der Waals surface area contributed by atoms with Crippen LogP contribution in [0.15, 0.2) is 36.7 Å². The summed E-state index contributed by atoms with van der Waals surface area (Å²) in [5.41, 5.74) is 3.73. The first-order valence-electron chi connectivity index (χ1n) is 8.68. The minimum absolute atomic E-state index is 0.105. The molecule has 3 aromatic rings. The molecule has 1 saturated heterocycles. The fraction of sp³-hybridized carbons (Fsp3) is 0.368. The number of aryl methyl sites for hydroxylation is 1. The third-order valence-electron chi connectivity index (χ3n) is 4.78.